The van der Waals surface area contributed by atoms with Gasteiger partial charge in [-0.2, -0.15) is 0 Å². The zero-order valence-corrected chi connectivity index (χ0v) is 18.0. The van der Waals surface area contributed by atoms with Gasteiger partial charge in [-0.05, 0) is 43.0 Å². The summed E-state index contributed by atoms with van der Waals surface area (Å²) in [6.45, 7) is 6.41. The number of benzene rings is 1. The molecule has 0 aliphatic carbocycles. The first-order chi connectivity index (χ1) is 13.7. The number of sulfone groups is 1. The minimum atomic E-state index is -3.11. The number of ether oxygens (including phenoxy) is 2. The van der Waals surface area contributed by atoms with Gasteiger partial charge in [-0.25, -0.2) is 13.2 Å². The molecule has 1 fully saturated rings. The highest BCUT2D eigenvalue weighted by atomic mass is 32.2. The van der Waals surface area contributed by atoms with Gasteiger partial charge in [0.05, 0.1) is 18.1 Å². The Bertz CT molecular complexity index is 829. The molecule has 0 aromatic heterocycles. The predicted molar refractivity (Wildman–Crippen MR) is 111 cm³/mol. The average Bonchev–Trinajstić information content (AvgIpc) is 3.03. The van der Waals surface area contributed by atoms with Crippen LogP contribution in [0.25, 0.3) is 6.08 Å². The number of amides is 1. The van der Waals surface area contributed by atoms with E-state index in [4.69, 9.17) is 9.47 Å². The molecule has 160 valence electrons. The van der Waals surface area contributed by atoms with Crippen molar-refractivity contribution in [1.29, 1.82) is 0 Å². The molecule has 1 aliphatic rings. The van der Waals surface area contributed by atoms with E-state index in [9.17, 15) is 18.0 Å². The summed E-state index contributed by atoms with van der Waals surface area (Å²) in [5.74, 6) is -0.0183. The first-order valence-corrected chi connectivity index (χ1v) is 11.6. The van der Waals surface area contributed by atoms with E-state index in [0.717, 1.165) is 11.3 Å². The Morgan fingerprint density at radius 1 is 1.24 bits per heavy atom. The molecule has 0 spiro atoms. The van der Waals surface area contributed by atoms with Crippen molar-refractivity contribution < 1.29 is 27.5 Å². The van der Waals surface area contributed by atoms with E-state index in [-0.39, 0.29) is 29.4 Å². The van der Waals surface area contributed by atoms with Gasteiger partial charge in [0.1, 0.15) is 5.75 Å². The SMILES string of the molecule is CCOc1ccc(/C=C/C(=O)OCC(=O)N(CC(C)C)C2CCS(=O)(=O)C2)cc1. The van der Waals surface area contributed by atoms with E-state index < -0.39 is 22.4 Å². The van der Waals surface area contributed by atoms with Crippen molar-refractivity contribution in [2.45, 2.75) is 33.2 Å². The van der Waals surface area contributed by atoms with E-state index in [1.807, 2.05) is 32.9 Å². The van der Waals surface area contributed by atoms with Crippen molar-refractivity contribution in [3.63, 3.8) is 0 Å². The summed E-state index contributed by atoms with van der Waals surface area (Å²) < 4.78 is 33.9. The lowest BCUT2D eigenvalue weighted by Gasteiger charge is -2.29. The molecule has 0 bridgehead atoms. The molecule has 8 heteroatoms. The molecule has 2 rings (SSSR count). The van der Waals surface area contributed by atoms with Gasteiger partial charge in [-0.3, -0.25) is 4.79 Å². The largest absolute Gasteiger partial charge is 0.494 e. The average molecular weight is 424 g/mol. The van der Waals surface area contributed by atoms with Crippen LogP contribution in [-0.4, -0.2) is 62.5 Å². The molecule has 1 aromatic rings. The molecule has 1 aromatic carbocycles. The maximum Gasteiger partial charge on any atom is 0.331 e. The molecular weight excluding hydrogens is 394 g/mol. The Kier molecular flexibility index (Phi) is 8.25. The van der Waals surface area contributed by atoms with Gasteiger partial charge in [-0.1, -0.05) is 26.0 Å². The van der Waals surface area contributed by atoms with Gasteiger partial charge >= 0.3 is 5.97 Å². The number of nitrogens with zero attached hydrogens (tertiary/aromatic N) is 1. The fourth-order valence-corrected chi connectivity index (χ4v) is 4.87. The fourth-order valence-electron chi connectivity index (χ4n) is 3.14. The number of rotatable bonds is 9. The summed E-state index contributed by atoms with van der Waals surface area (Å²) in [6, 6.07) is 6.87. The van der Waals surface area contributed by atoms with Crippen LogP contribution in [0.4, 0.5) is 0 Å². The lowest BCUT2D eigenvalue weighted by molar-refractivity contribution is -0.149. The Hall–Kier alpha value is -2.35. The lowest BCUT2D eigenvalue weighted by Crippen LogP contribution is -2.45. The van der Waals surface area contributed by atoms with Crippen molar-refractivity contribution in [2.24, 2.45) is 5.92 Å². The summed E-state index contributed by atoms with van der Waals surface area (Å²) in [7, 11) is -3.11. The smallest absolute Gasteiger partial charge is 0.331 e. The molecule has 1 heterocycles. The van der Waals surface area contributed by atoms with E-state index in [2.05, 4.69) is 0 Å². The van der Waals surface area contributed by atoms with Crippen molar-refractivity contribution in [3.8, 4) is 5.75 Å². The fraction of sp³-hybridized carbons (Fsp3) is 0.524. The molecule has 0 saturated carbocycles. The summed E-state index contributed by atoms with van der Waals surface area (Å²) >= 11 is 0. The van der Waals surface area contributed by atoms with Gasteiger partial charge in [0.25, 0.3) is 5.91 Å². The standard InChI is InChI=1S/C21H29NO6S/c1-4-27-19-8-5-17(6-9-19)7-10-21(24)28-14-20(23)22(13-16(2)3)18-11-12-29(25,26)15-18/h5-10,16,18H,4,11-15H2,1-3H3/b10-7+. The maximum atomic E-state index is 12.6. The van der Waals surface area contributed by atoms with Crippen molar-refractivity contribution in [3.05, 3.63) is 35.9 Å². The molecule has 1 atom stereocenters. The summed E-state index contributed by atoms with van der Waals surface area (Å²) in [5.41, 5.74) is 0.800. The van der Waals surface area contributed by atoms with Crippen LogP contribution in [-0.2, 0) is 24.2 Å². The Morgan fingerprint density at radius 3 is 2.48 bits per heavy atom. The van der Waals surface area contributed by atoms with Crippen molar-refractivity contribution in [2.75, 3.05) is 31.3 Å². The second-order valence-corrected chi connectivity index (χ2v) is 9.67. The van der Waals surface area contributed by atoms with Gasteiger partial charge < -0.3 is 14.4 Å². The third-order valence-electron chi connectivity index (χ3n) is 4.47. The third-order valence-corrected chi connectivity index (χ3v) is 6.22. The van der Waals surface area contributed by atoms with Crippen LogP contribution < -0.4 is 4.74 Å². The number of hydrogen-bond acceptors (Lipinski definition) is 6. The van der Waals surface area contributed by atoms with Crippen LogP contribution in [0, 0.1) is 5.92 Å². The molecule has 1 aliphatic heterocycles. The molecule has 1 saturated heterocycles. The van der Waals surface area contributed by atoms with Crippen LogP contribution in [0.2, 0.25) is 0 Å². The predicted octanol–water partition coefficient (Wildman–Crippen LogP) is 2.31. The number of esters is 1. The van der Waals surface area contributed by atoms with E-state index >= 15 is 0 Å². The first kappa shape index (κ1) is 22.9. The summed E-state index contributed by atoms with van der Waals surface area (Å²) in [5, 5.41) is 0. The van der Waals surface area contributed by atoms with Crippen LogP contribution in [0.15, 0.2) is 30.3 Å². The maximum absolute atomic E-state index is 12.6. The molecule has 29 heavy (non-hydrogen) atoms. The second-order valence-electron chi connectivity index (χ2n) is 7.44. The Labute approximate surface area is 172 Å². The summed E-state index contributed by atoms with van der Waals surface area (Å²) in [6.07, 6.45) is 3.28. The topological polar surface area (TPSA) is 90.0 Å². The van der Waals surface area contributed by atoms with Crippen molar-refractivity contribution in [1.82, 2.24) is 4.90 Å². The monoisotopic (exact) mass is 423 g/mol. The van der Waals surface area contributed by atoms with E-state index in [0.29, 0.717) is 19.6 Å². The van der Waals surface area contributed by atoms with E-state index in [1.165, 1.54) is 6.08 Å². The molecule has 0 radical (unpaired) electrons. The van der Waals surface area contributed by atoms with Crippen LogP contribution >= 0.6 is 0 Å². The molecule has 1 unspecified atom stereocenters. The van der Waals surface area contributed by atoms with Crippen LogP contribution in [0.5, 0.6) is 5.75 Å². The second kappa shape index (κ2) is 10.4. The molecule has 7 nitrogen and oxygen atoms in total. The minimum absolute atomic E-state index is 0.0307. The Morgan fingerprint density at radius 2 is 1.93 bits per heavy atom. The zero-order chi connectivity index (χ0) is 21.4. The normalized spacial score (nSPS) is 18.1. The van der Waals surface area contributed by atoms with Gasteiger partial charge in [0.2, 0.25) is 0 Å². The summed E-state index contributed by atoms with van der Waals surface area (Å²) in [4.78, 5) is 26.1. The third kappa shape index (κ3) is 7.53. The highest BCUT2D eigenvalue weighted by molar-refractivity contribution is 7.91. The van der Waals surface area contributed by atoms with Gasteiger partial charge in [-0.15, -0.1) is 0 Å². The lowest BCUT2D eigenvalue weighted by atomic mass is 10.1. The number of carbonyl (C=O) groups excluding carboxylic acids is 2. The highest BCUT2D eigenvalue weighted by Crippen LogP contribution is 2.19. The van der Waals surface area contributed by atoms with E-state index in [1.54, 1.807) is 23.1 Å². The van der Waals surface area contributed by atoms with Gasteiger partial charge in [0.15, 0.2) is 16.4 Å². The van der Waals surface area contributed by atoms with Crippen LogP contribution in [0.1, 0.15) is 32.8 Å². The quantitative estimate of drug-likeness (QED) is 0.447. The molecular formula is C21H29NO6S. The molecule has 1 amide bonds. The minimum Gasteiger partial charge on any atom is -0.494 e. The van der Waals surface area contributed by atoms with Crippen molar-refractivity contribution >= 4 is 27.8 Å². The first-order valence-electron chi connectivity index (χ1n) is 9.77. The Balaban J connectivity index is 1.90. The van der Waals surface area contributed by atoms with Gasteiger partial charge in [0, 0.05) is 18.7 Å². The zero-order valence-electron chi connectivity index (χ0n) is 17.2. The molecule has 0 N–H and O–H groups in total. The number of carbonyl (C=O) groups is 2. The number of hydrogen-bond donors (Lipinski definition) is 0. The van der Waals surface area contributed by atoms with Crippen LogP contribution in [0.3, 0.4) is 0 Å². The highest BCUT2D eigenvalue weighted by Gasteiger charge is 2.35.